The number of nitrogens with two attached hydrogens (primary N) is 2. The molecule has 20 heavy (non-hydrogen) atoms. The number of benzene rings is 2. The lowest BCUT2D eigenvalue weighted by Gasteiger charge is -1.97. The van der Waals surface area contributed by atoms with Gasteiger partial charge in [0.1, 0.15) is 11.5 Å². The number of anilines is 2. The van der Waals surface area contributed by atoms with Crippen molar-refractivity contribution in [3.63, 3.8) is 0 Å². The molecule has 0 radical (unpaired) electrons. The van der Waals surface area contributed by atoms with Crippen molar-refractivity contribution in [2.75, 3.05) is 32.8 Å². The molecule has 0 saturated heterocycles. The van der Waals surface area contributed by atoms with Crippen molar-refractivity contribution in [2.45, 2.75) is 0 Å². The fourth-order valence-electron chi connectivity index (χ4n) is 1.21. The summed E-state index contributed by atoms with van der Waals surface area (Å²) in [6, 6.07) is 14.5. The third kappa shape index (κ3) is 7.13. The number of aliphatic hydroxyl groups excluding tert-OH is 1. The van der Waals surface area contributed by atoms with E-state index in [2.05, 4.69) is 0 Å². The largest absolute Gasteiger partial charge is 0.497 e. The third-order valence-electron chi connectivity index (χ3n) is 2.23. The predicted molar refractivity (Wildman–Crippen MR) is 83.0 cm³/mol. The molecule has 5 heteroatoms. The van der Waals surface area contributed by atoms with Gasteiger partial charge in [0.05, 0.1) is 14.2 Å². The Bertz CT molecular complexity index is 410. The lowest BCUT2D eigenvalue weighted by atomic mass is 10.3. The minimum absolute atomic E-state index is 0.760. The zero-order chi connectivity index (χ0) is 15.4. The van der Waals surface area contributed by atoms with Crippen molar-refractivity contribution in [1.29, 1.82) is 0 Å². The Morgan fingerprint density at radius 1 is 0.650 bits per heavy atom. The van der Waals surface area contributed by atoms with E-state index in [-0.39, 0.29) is 0 Å². The zero-order valence-corrected chi connectivity index (χ0v) is 12.0. The highest BCUT2D eigenvalue weighted by molar-refractivity contribution is 5.42. The second-order valence-electron chi connectivity index (χ2n) is 3.55. The first-order valence-electron chi connectivity index (χ1n) is 5.89. The van der Waals surface area contributed by atoms with E-state index in [1.165, 1.54) is 0 Å². The number of rotatable bonds is 2. The molecule has 0 amide bonds. The van der Waals surface area contributed by atoms with Gasteiger partial charge in [0.2, 0.25) is 0 Å². The van der Waals surface area contributed by atoms with Gasteiger partial charge in [-0.1, -0.05) is 0 Å². The fourth-order valence-corrected chi connectivity index (χ4v) is 1.21. The summed E-state index contributed by atoms with van der Waals surface area (Å²) in [5, 5.41) is 7.00. The van der Waals surface area contributed by atoms with Crippen LogP contribution in [-0.4, -0.2) is 26.4 Å². The minimum atomic E-state index is 0.760. The van der Waals surface area contributed by atoms with Crippen molar-refractivity contribution in [1.82, 2.24) is 0 Å². The van der Waals surface area contributed by atoms with Crippen LogP contribution in [0.5, 0.6) is 11.5 Å². The van der Waals surface area contributed by atoms with E-state index in [9.17, 15) is 0 Å². The quantitative estimate of drug-likeness (QED) is 0.732. The van der Waals surface area contributed by atoms with Crippen molar-refractivity contribution in [2.24, 2.45) is 0 Å². The Morgan fingerprint density at radius 2 is 0.900 bits per heavy atom. The zero-order valence-electron chi connectivity index (χ0n) is 12.0. The summed E-state index contributed by atoms with van der Waals surface area (Å²) in [6.07, 6.45) is 0. The van der Waals surface area contributed by atoms with Gasteiger partial charge in [0.25, 0.3) is 0 Å². The summed E-state index contributed by atoms with van der Waals surface area (Å²) in [5.74, 6) is 1.67. The third-order valence-corrected chi connectivity index (χ3v) is 2.23. The van der Waals surface area contributed by atoms with Gasteiger partial charge in [-0.15, -0.1) is 0 Å². The van der Waals surface area contributed by atoms with Gasteiger partial charge in [0, 0.05) is 18.5 Å². The first-order valence-corrected chi connectivity index (χ1v) is 5.89. The number of hydrogen-bond donors (Lipinski definition) is 3. The van der Waals surface area contributed by atoms with Crippen LogP contribution in [0.1, 0.15) is 0 Å². The van der Waals surface area contributed by atoms with Gasteiger partial charge in [-0.3, -0.25) is 0 Å². The summed E-state index contributed by atoms with van der Waals surface area (Å²) in [5.41, 5.74) is 12.4. The SMILES string of the molecule is CO.COc1ccc(N)cc1.COc1ccc(N)cc1. The van der Waals surface area contributed by atoms with Gasteiger partial charge < -0.3 is 26.0 Å². The minimum Gasteiger partial charge on any atom is -0.497 e. The molecule has 2 aromatic rings. The monoisotopic (exact) mass is 278 g/mol. The van der Waals surface area contributed by atoms with Crippen molar-refractivity contribution in [3.05, 3.63) is 48.5 Å². The average molecular weight is 278 g/mol. The van der Waals surface area contributed by atoms with Crippen LogP contribution in [0.2, 0.25) is 0 Å². The number of hydrogen-bond acceptors (Lipinski definition) is 5. The number of nitrogen functional groups attached to an aromatic ring is 2. The Hall–Kier alpha value is -2.40. The van der Waals surface area contributed by atoms with Gasteiger partial charge in [0.15, 0.2) is 0 Å². The molecule has 0 fully saturated rings. The topological polar surface area (TPSA) is 90.7 Å². The smallest absolute Gasteiger partial charge is 0.119 e. The fraction of sp³-hybridized carbons (Fsp3) is 0.200. The van der Waals surface area contributed by atoms with Crippen LogP contribution < -0.4 is 20.9 Å². The molecule has 0 bridgehead atoms. The van der Waals surface area contributed by atoms with E-state index in [0.29, 0.717) is 0 Å². The van der Waals surface area contributed by atoms with Gasteiger partial charge in [-0.05, 0) is 48.5 Å². The lowest BCUT2D eigenvalue weighted by Crippen LogP contribution is -1.84. The first kappa shape index (κ1) is 17.6. The van der Waals surface area contributed by atoms with E-state index >= 15 is 0 Å². The number of aliphatic hydroxyl groups is 1. The number of ether oxygens (including phenoxy) is 2. The summed E-state index contributed by atoms with van der Waals surface area (Å²) < 4.78 is 9.83. The molecule has 0 saturated carbocycles. The van der Waals surface area contributed by atoms with Gasteiger partial charge >= 0.3 is 0 Å². The molecule has 0 heterocycles. The molecule has 0 aliphatic carbocycles. The van der Waals surface area contributed by atoms with Gasteiger partial charge in [-0.25, -0.2) is 0 Å². The molecular weight excluding hydrogens is 256 g/mol. The van der Waals surface area contributed by atoms with Crippen LogP contribution in [-0.2, 0) is 0 Å². The summed E-state index contributed by atoms with van der Waals surface area (Å²) in [4.78, 5) is 0. The van der Waals surface area contributed by atoms with E-state index in [1.54, 1.807) is 38.5 Å². The van der Waals surface area contributed by atoms with E-state index in [1.807, 2.05) is 24.3 Å². The van der Waals surface area contributed by atoms with E-state index in [0.717, 1.165) is 30.0 Å². The molecule has 5 N–H and O–H groups in total. The average Bonchev–Trinajstić information content (AvgIpc) is 2.51. The second kappa shape index (κ2) is 10.5. The highest BCUT2D eigenvalue weighted by atomic mass is 16.5. The maximum Gasteiger partial charge on any atom is 0.119 e. The second-order valence-corrected chi connectivity index (χ2v) is 3.55. The van der Waals surface area contributed by atoms with Crippen LogP contribution in [0.15, 0.2) is 48.5 Å². The maximum absolute atomic E-state index is 7.00. The van der Waals surface area contributed by atoms with Crippen LogP contribution in [0.4, 0.5) is 11.4 Å². The van der Waals surface area contributed by atoms with Crippen molar-refractivity contribution in [3.8, 4) is 11.5 Å². The van der Waals surface area contributed by atoms with Crippen LogP contribution in [0, 0.1) is 0 Å². The van der Waals surface area contributed by atoms with Crippen molar-refractivity contribution >= 4 is 11.4 Å². The lowest BCUT2D eigenvalue weighted by molar-refractivity contribution is 0.399. The van der Waals surface area contributed by atoms with Crippen molar-refractivity contribution < 1.29 is 14.6 Å². The molecule has 0 atom stereocenters. The Labute approximate surface area is 119 Å². The molecule has 2 aromatic carbocycles. The molecule has 5 nitrogen and oxygen atoms in total. The Morgan fingerprint density at radius 3 is 1.10 bits per heavy atom. The maximum atomic E-state index is 7.00. The number of methoxy groups -OCH3 is 2. The normalized spacial score (nSPS) is 8.40. The predicted octanol–water partition coefficient (Wildman–Crippen LogP) is 2.16. The van der Waals surface area contributed by atoms with Crippen LogP contribution in [0.3, 0.4) is 0 Å². The summed E-state index contributed by atoms with van der Waals surface area (Å²) in [7, 11) is 4.26. The highest BCUT2D eigenvalue weighted by Gasteiger charge is 1.86. The Kier molecular flexibility index (Phi) is 9.25. The molecule has 110 valence electrons. The van der Waals surface area contributed by atoms with Crippen LogP contribution in [0.25, 0.3) is 0 Å². The van der Waals surface area contributed by atoms with Gasteiger partial charge in [-0.2, -0.15) is 0 Å². The molecule has 0 aliphatic rings. The molecule has 2 rings (SSSR count). The summed E-state index contributed by atoms with van der Waals surface area (Å²) in [6.45, 7) is 0. The van der Waals surface area contributed by atoms with Crippen LogP contribution >= 0.6 is 0 Å². The molecule has 0 aromatic heterocycles. The molecule has 0 spiro atoms. The standard InChI is InChI=1S/2C7H9NO.CH4O/c2*1-9-7-4-2-6(8)3-5-7;1-2/h2*2-5H,8H2,1H3;2H,1H3. The highest BCUT2D eigenvalue weighted by Crippen LogP contribution is 2.12. The molecule has 0 aliphatic heterocycles. The molecule has 0 unspecified atom stereocenters. The Balaban J connectivity index is 0.000000321. The first-order chi connectivity index (χ1) is 9.65. The van der Waals surface area contributed by atoms with E-state index in [4.69, 9.17) is 26.0 Å². The molecular formula is C15H22N2O3. The van der Waals surface area contributed by atoms with E-state index < -0.39 is 0 Å². The summed E-state index contributed by atoms with van der Waals surface area (Å²) >= 11 is 0.